The van der Waals surface area contributed by atoms with Crippen LogP contribution in [-0.2, 0) is 9.84 Å². The fourth-order valence-electron chi connectivity index (χ4n) is 1.67. The minimum atomic E-state index is -3.36. The maximum absolute atomic E-state index is 12.3. The quantitative estimate of drug-likeness (QED) is 0.874. The molecule has 1 aromatic heterocycles. The van der Waals surface area contributed by atoms with Gasteiger partial charge in [-0.2, -0.15) is 4.37 Å². The van der Waals surface area contributed by atoms with E-state index in [1.54, 1.807) is 0 Å². The van der Waals surface area contributed by atoms with E-state index in [0.717, 1.165) is 18.0 Å². The molecule has 0 saturated heterocycles. The van der Waals surface area contributed by atoms with Crippen molar-refractivity contribution in [2.75, 3.05) is 23.4 Å². The van der Waals surface area contributed by atoms with Gasteiger partial charge >= 0.3 is 0 Å². The van der Waals surface area contributed by atoms with Crippen LogP contribution in [0.3, 0.4) is 0 Å². The molecule has 7 heteroatoms. The van der Waals surface area contributed by atoms with Crippen LogP contribution in [0, 0.1) is 0 Å². The molecule has 1 aromatic rings. The van der Waals surface area contributed by atoms with Gasteiger partial charge in [-0.3, -0.25) is 0 Å². The zero-order valence-corrected chi connectivity index (χ0v) is 13.9. The molecular formula is C12H23N3O2S2. The number of nitrogen functional groups attached to an aromatic ring is 1. The smallest absolute Gasteiger partial charge is 0.185 e. The average molecular weight is 305 g/mol. The van der Waals surface area contributed by atoms with Crippen molar-refractivity contribution in [3.63, 3.8) is 0 Å². The molecule has 5 nitrogen and oxygen atoms in total. The van der Waals surface area contributed by atoms with Gasteiger partial charge in [-0.25, -0.2) is 8.42 Å². The molecule has 0 saturated carbocycles. The van der Waals surface area contributed by atoms with Crippen LogP contribution in [0.1, 0.15) is 40.5 Å². The van der Waals surface area contributed by atoms with Gasteiger partial charge in [0.05, 0.1) is 5.75 Å². The molecule has 0 amide bonds. The van der Waals surface area contributed by atoms with E-state index in [1.165, 1.54) is 0 Å². The third-order valence-electron chi connectivity index (χ3n) is 3.52. The summed E-state index contributed by atoms with van der Waals surface area (Å²) in [7, 11) is -1.47. The van der Waals surface area contributed by atoms with Crippen LogP contribution in [0.5, 0.6) is 0 Å². The zero-order chi connectivity index (χ0) is 14.8. The number of rotatable bonds is 6. The summed E-state index contributed by atoms with van der Waals surface area (Å²) in [4.78, 5) is 2.16. The van der Waals surface area contributed by atoms with E-state index in [4.69, 9.17) is 5.73 Å². The molecule has 2 N–H and O–H groups in total. The maximum Gasteiger partial charge on any atom is 0.185 e. The molecule has 0 atom stereocenters. The molecule has 0 aliphatic rings. The minimum Gasteiger partial charge on any atom is -0.382 e. The van der Waals surface area contributed by atoms with Crippen molar-refractivity contribution in [2.45, 2.75) is 51.0 Å². The van der Waals surface area contributed by atoms with Gasteiger partial charge in [0.15, 0.2) is 15.7 Å². The van der Waals surface area contributed by atoms with Gasteiger partial charge in [0.1, 0.15) is 9.90 Å². The Balaban J connectivity index is 3.34. The normalized spacial score (nSPS) is 12.7. The molecule has 1 heterocycles. The van der Waals surface area contributed by atoms with Crippen molar-refractivity contribution < 1.29 is 8.42 Å². The fourth-order valence-corrected chi connectivity index (χ4v) is 4.57. The van der Waals surface area contributed by atoms with Crippen molar-refractivity contribution in [3.8, 4) is 0 Å². The molecule has 0 aromatic carbocycles. The summed E-state index contributed by atoms with van der Waals surface area (Å²) in [5, 5.41) is 0.637. The highest BCUT2D eigenvalue weighted by Crippen LogP contribution is 2.38. The largest absolute Gasteiger partial charge is 0.382 e. The first-order chi connectivity index (χ1) is 8.67. The molecule has 0 aliphatic heterocycles. The second-order valence-corrected chi connectivity index (χ2v) is 8.04. The molecule has 0 spiro atoms. The number of aromatic nitrogens is 1. The number of hydrogen-bond acceptors (Lipinski definition) is 6. The van der Waals surface area contributed by atoms with Crippen molar-refractivity contribution in [2.24, 2.45) is 0 Å². The van der Waals surface area contributed by atoms with Crippen LogP contribution >= 0.6 is 11.5 Å². The Hall–Kier alpha value is -0.820. The molecule has 0 bridgehead atoms. The molecule has 19 heavy (non-hydrogen) atoms. The lowest BCUT2D eigenvalue weighted by Gasteiger charge is -2.35. The van der Waals surface area contributed by atoms with E-state index in [0.29, 0.717) is 11.4 Å². The van der Waals surface area contributed by atoms with E-state index < -0.39 is 9.84 Å². The Bertz CT molecular complexity index is 535. The van der Waals surface area contributed by atoms with Crippen LogP contribution < -0.4 is 10.6 Å². The number of sulfone groups is 1. The van der Waals surface area contributed by atoms with Gasteiger partial charge in [-0.05, 0) is 38.2 Å². The Morgan fingerprint density at radius 1 is 1.37 bits per heavy atom. The van der Waals surface area contributed by atoms with Crippen molar-refractivity contribution in [1.29, 1.82) is 0 Å². The third kappa shape index (κ3) is 3.20. The number of anilines is 2. The highest BCUT2D eigenvalue weighted by Gasteiger charge is 2.31. The van der Waals surface area contributed by atoms with Crippen LogP contribution in [0.4, 0.5) is 10.8 Å². The maximum atomic E-state index is 12.3. The minimum absolute atomic E-state index is 0.100. The lowest BCUT2D eigenvalue weighted by molar-refractivity contribution is 0.471. The van der Waals surface area contributed by atoms with Crippen LogP contribution in [0.15, 0.2) is 4.90 Å². The van der Waals surface area contributed by atoms with E-state index >= 15 is 0 Å². The van der Waals surface area contributed by atoms with Crippen LogP contribution in [-0.4, -0.2) is 31.1 Å². The molecular weight excluding hydrogens is 282 g/mol. The van der Waals surface area contributed by atoms with Gasteiger partial charge in [-0.1, -0.05) is 13.8 Å². The highest BCUT2D eigenvalue weighted by atomic mass is 32.2. The molecule has 1 rings (SSSR count). The second-order valence-electron chi connectivity index (χ2n) is 5.25. The van der Waals surface area contributed by atoms with Crippen molar-refractivity contribution in [3.05, 3.63) is 0 Å². The van der Waals surface area contributed by atoms with Gasteiger partial charge in [0, 0.05) is 12.6 Å². The standard InChI is InChI=1S/C12H23N3O2S2/c1-6-8-19(16,17)9-10(13)14-18-11(9)15(5)12(3,4)7-2/h6-8H2,1-5H3,(H2,13,14). The van der Waals surface area contributed by atoms with Crippen molar-refractivity contribution in [1.82, 2.24) is 4.37 Å². The first-order valence-electron chi connectivity index (χ1n) is 6.39. The summed E-state index contributed by atoms with van der Waals surface area (Å²) in [5.74, 6) is 0.218. The number of hydrogen-bond donors (Lipinski definition) is 1. The summed E-state index contributed by atoms with van der Waals surface area (Å²) in [6.45, 7) is 8.05. The topological polar surface area (TPSA) is 76.3 Å². The number of nitrogens with zero attached hydrogens (tertiary/aromatic N) is 2. The Morgan fingerprint density at radius 3 is 2.42 bits per heavy atom. The van der Waals surface area contributed by atoms with Gasteiger partial charge < -0.3 is 10.6 Å². The SMILES string of the molecule is CCCS(=O)(=O)c1c(N)nsc1N(C)C(C)(C)CC. The zero-order valence-electron chi connectivity index (χ0n) is 12.2. The Morgan fingerprint density at radius 2 is 1.95 bits per heavy atom. The summed E-state index contributed by atoms with van der Waals surface area (Å²) in [6, 6.07) is 0. The first kappa shape index (κ1) is 16.2. The lowest BCUT2D eigenvalue weighted by Crippen LogP contribution is -2.40. The monoisotopic (exact) mass is 305 g/mol. The van der Waals surface area contributed by atoms with E-state index in [2.05, 4.69) is 25.1 Å². The second kappa shape index (κ2) is 5.66. The molecule has 0 unspecified atom stereocenters. The predicted octanol–water partition coefficient (Wildman–Crippen LogP) is 2.53. The summed E-state index contributed by atoms with van der Waals surface area (Å²) in [5.41, 5.74) is 5.63. The molecule has 0 aliphatic carbocycles. The molecule has 110 valence electrons. The van der Waals surface area contributed by atoms with Crippen molar-refractivity contribution >= 4 is 32.2 Å². The van der Waals surface area contributed by atoms with Gasteiger partial charge in [-0.15, -0.1) is 0 Å². The lowest BCUT2D eigenvalue weighted by atomic mass is 10.0. The van der Waals surface area contributed by atoms with Gasteiger partial charge in [0.2, 0.25) is 0 Å². The van der Waals surface area contributed by atoms with Crippen LogP contribution in [0.25, 0.3) is 0 Å². The van der Waals surface area contributed by atoms with Gasteiger partial charge in [0.25, 0.3) is 0 Å². The molecule has 0 radical (unpaired) electrons. The third-order valence-corrected chi connectivity index (χ3v) is 6.56. The Kier molecular flexibility index (Phi) is 4.84. The summed E-state index contributed by atoms with van der Waals surface area (Å²) >= 11 is 1.15. The van der Waals surface area contributed by atoms with Crippen LogP contribution in [0.2, 0.25) is 0 Å². The number of nitrogens with two attached hydrogens (primary N) is 1. The predicted molar refractivity (Wildman–Crippen MR) is 81.6 cm³/mol. The Labute approximate surface area is 119 Å². The highest BCUT2D eigenvalue weighted by molar-refractivity contribution is 7.91. The van der Waals surface area contributed by atoms with E-state index in [9.17, 15) is 8.42 Å². The molecule has 0 fully saturated rings. The fraction of sp³-hybridized carbons (Fsp3) is 0.750. The summed E-state index contributed by atoms with van der Waals surface area (Å²) in [6.07, 6.45) is 1.46. The first-order valence-corrected chi connectivity index (χ1v) is 8.81. The summed E-state index contributed by atoms with van der Waals surface area (Å²) < 4.78 is 28.7. The average Bonchev–Trinajstić information content (AvgIpc) is 2.70. The van der Waals surface area contributed by atoms with E-state index in [-0.39, 0.29) is 22.0 Å². The van der Waals surface area contributed by atoms with E-state index in [1.807, 2.05) is 18.9 Å².